The molecule has 0 aliphatic heterocycles. The maximum atomic E-state index is 12.1. The number of ether oxygens (including phenoxy) is 1. The molecule has 4 amide bonds. The van der Waals surface area contributed by atoms with Crippen molar-refractivity contribution in [2.75, 3.05) is 33.1 Å². The van der Waals surface area contributed by atoms with Crippen LogP contribution in [0.1, 0.15) is 6.92 Å². The van der Waals surface area contributed by atoms with Gasteiger partial charge in [0.15, 0.2) is 0 Å². The Bertz CT molecular complexity index is 623. The Morgan fingerprint density at radius 3 is 2.58 bits per heavy atom. The Balaban J connectivity index is 2.65. The molecule has 0 aliphatic rings. The molecule has 3 N–H and O–H groups in total. The van der Waals surface area contributed by atoms with Gasteiger partial charge in [0.05, 0.1) is 25.4 Å². The molecule has 9 heteroatoms. The van der Waals surface area contributed by atoms with E-state index in [4.69, 9.17) is 16.3 Å². The van der Waals surface area contributed by atoms with E-state index in [1.54, 1.807) is 32.2 Å². The first-order valence-corrected chi connectivity index (χ1v) is 7.52. The van der Waals surface area contributed by atoms with E-state index in [9.17, 15) is 14.4 Å². The standard InChI is InChI=1S/C15H21ClN4O4/c1-9(14(22)19-15(23)17-2)20(3)8-13(21)18-11-7-10(16)5-6-12(11)24-4/h5-7,9H,8H2,1-4H3,(H,18,21)(H2,17,19,22,23). The molecule has 0 saturated heterocycles. The van der Waals surface area contributed by atoms with Crippen LogP contribution in [0.5, 0.6) is 5.75 Å². The minimum Gasteiger partial charge on any atom is -0.495 e. The average molecular weight is 357 g/mol. The summed E-state index contributed by atoms with van der Waals surface area (Å²) in [6.45, 7) is 1.53. The van der Waals surface area contributed by atoms with Gasteiger partial charge in [-0.2, -0.15) is 0 Å². The lowest BCUT2D eigenvalue weighted by atomic mass is 10.2. The van der Waals surface area contributed by atoms with Crippen LogP contribution in [0.4, 0.5) is 10.5 Å². The van der Waals surface area contributed by atoms with Crippen LogP contribution in [-0.4, -0.2) is 56.5 Å². The number of urea groups is 1. The Kier molecular flexibility index (Phi) is 7.47. The summed E-state index contributed by atoms with van der Waals surface area (Å²) in [5.74, 6) is -0.386. The summed E-state index contributed by atoms with van der Waals surface area (Å²) in [5.41, 5.74) is 0.436. The number of rotatable bonds is 6. The number of likely N-dealkylation sites (N-methyl/N-ethyl adjacent to an activating group) is 1. The SMILES string of the molecule is CNC(=O)NC(=O)C(C)N(C)CC(=O)Nc1cc(Cl)ccc1OC. The summed E-state index contributed by atoms with van der Waals surface area (Å²) in [5, 5.41) is 7.58. The van der Waals surface area contributed by atoms with Gasteiger partial charge in [0.25, 0.3) is 0 Å². The lowest BCUT2D eigenvalue weighted by molar-refractivity contribution is -0.125. The van der Waals surface area contributed by atoms with Gasteiger partial charge < -0.3 is 15.4 Å². The number of benzene rings is 1. The molecule has 0 heterocycles. The highest BCUT2D eigenvalue weighted by Gasteiger charge is 2.22. The molecule has 0 saturated carbocycles. The second kappa shape index (κ2) is 9.09. The van der Waals surface area contributed by atoms with E-state index in [-0.39, 0.29) is 12.5 Å². The van der Waals surface area contributed by atoms with E-state index in [1.807, 2.05) is 0 Å². The molecule has 1 atom stereocenters. The van der Waals surface area contributed by atoms with Crippen LogP contribution < -0.4 is 20.7 Å². The number of amides is 4. The number of nitrogens with one attached hydrogen (secondary N) is 3. The lowest BCUT2D eigenvalue weighted by Crippen LogP contribution is -2.49. The molecule has 1 rings (SSSR count). The summed E-state index contributed by atoms with van der Waals surface area (Å²) < 4.78 is 5.15. The highest BCUT2D eigenvalue weighted by molar-refractivity contribution is 6.31. The highest BCUT2D eigenvalue weighted by Crippen LogP contribution is 2.27. The fraction of sp³-hybridized carbons (Fsp3) is 0.400. The van der Waals surface area contributed by atoms with Gasteiger partial charge in [0, 0.05) is 12.1 Å². The fourth-order valence-electron chi connectivity index (χ4n) is 1.81. The molecule has 0 aromatic heterocycles. The summed E-state index contributed by atoms with van der Waals surface area (Å²) in [6, 6.07) is 3.58. The molecule has 0 aliphatic carbocycles. The first-order chi connectivity index (χ1) is 11.3. The number of carbonyl (C=O) groups excluding carboxylic acids is 3. The molecule has 1 unspecified atom stereocenters. The zero-order valence-electron chi connectivity index (χ0n) is 14.0. The monoisotopic (exact) mass is 356 g/mol. The van der Waals surface area contributed by atoms with Gasteiger partial charge in [-0.05, 0) is 32.2 Å². The van der Waals surface area contributed by atoms with Crippen LogP contribution in [0, 0.1) is 0 Å². The van der Waals surface area contributed by atoms with Crippen molar-refractivity contribution in [3.05, 3.63) is 23.2 Å². The van der Waals surface area contributed by atoms with Crippen molar-refractivity contribution >= 4 is 35.1 Å². The quantitative estimate of drug-likeness (QED) is 0.707. The van der Waals surface area contributed by atoms with E-state index in [1.165, 1.54) is 19.1 Å². The summed E-state index contributed by atoms with van der Waals surface area (Å²) >= 11 is 5.91. The van der Waals surface area contributed by atoms with E-state index >= 15 is 0 Å². The van der Waals surface area contributed by atoms with Crippen molar-refractivity contribution in [1.29, 1.82) is 0 Å². The van der Waals surface area contributed by atoms with Gasteiger partial charge in [-0.1, -0.05) is 11.6 Å². The molecule has 0 fully saturated rings. The summed E-state index contributed by atoms with van der Waals surface area (Å²) in [4.78, 5) is 36.7. The molecule has 132 valence electrons. The van der Waals surface area contributed by atoms with Gasteiger partial charge >= 0.3 is 6.03 Å². The fourth-order valence-corrected chi connectivity index (χ4v) is 1.98. The number of anilines is 1. The van der Waals surface area contributed by atoms with E-state index < -0.39 is 18.0 Å². The molecule has 0 bridgehead atoms. The van der Waals surface area contributed by atoms with Crippen molar-refractivity contribution in [3.63, 3.8) is 0 Å². The Morgan fingerprint density at radius 1 is 1.33 bits per heavy atom. The van der Waals surface area contributed by atoms with Crippen molar-refractivity contribution < 1.29 is 19.1 Å². The van der Waals surface area contributed by atoms with Gasteiger partial charge in [0.2, 0.25) is 11.8 Å². The van der Waals surface area contributed by atoms with Crippen LogP contribution in [0.3, 0.4) is 0 Å². The van der Waals surface area contributed by atoms with Gasteiger partial charge in [0.1, 0.15) is 5.75 Å². The van der Waals surface area contributed by atoms with Crippen molar-refractivity contribution in [1.82, 2.24) is 15.5 Å². The smallest absolute Gasteiger partial charge is 0.321 e. The number of hydrogen-bond acceptors (Lipinski definition) is 5. The number of imide groups is 1. The minimum absolute atomic E-state index is 0.0575. The van der Waals surface area contributed by atoms with Gasteiger partial charge in [-0.15, -0.1) is 0 Å². The van der Waals surface area contributed by atoms with E-state index in [2.05, 4.69) is 16.0 Å². The predicted octanol–water partition coefficient (Wildman–Crippen LogP) is 1.06. The molecule has 0 spiro atoms. The zero-order chi connectivity index (χ0) is 18.3. The molecule has 0 radical (unpaired) electrons. The Labute approximate surface area is 145 Å². The van der Waals surface area contributed by atoms with Crippen molar-refractivity contribution in [3.8, 4) is 5.75 Å². The largest absolute Gasteiger partial charge is 0.495 e. The first kappa shape index (κ1) is 19.7. The van der Waals surface area contributed by atoms with Crippen molar-refractivity contribution in [2.45, 2.75) is 13.0 Å². The average Bonchev–Trinajstić information content (AvgIpc) is 2.53. The van der Waals surface area contributed by atoms with Crippen LogP contribution in [0.25, 0.3) is 0 Å². The molecule has 8 nitrogen and oxygen atoms in total. The second-order valence-corrected chi connectivity index (χ2v) is 5.49. The number of nitrogens with zero attached hydrogens (tertiary/aromatic N) is 1. The summed E-state index contributed by atoms with van der Waals surface area (Å²) in [7, 11) is 4.49. The van der Waals surface area contributed by atoms with Crippen LogP contribution in [-0.2, 0) is 9.59 Å². The molecule has 24 heavy (non-hydrogen) atoms. The molecule has 1 aromatic rings. The summed E-state index contributed by atoms with van der Waals surface area (Å²) in [6.07, 6.45) is 0. The lowest BCUT2D eigenvalue weighted by Gasteiger charge is -2.23. The van der Waals surface area contributed by atoms with Gasteiger partial charge in [-0.25, -0.2) is 4.79 Å². The number of halogens is 1. The third-order valence-corrected chi connectivity index (χ3v) is 3.57. The molecular formula is C15H21ClN4O4. The Morgan fingerprint density at radius 2 is 2.00 bits per heavy atom. The highest BCUT2D eigenvalue weighted by atomic mass is 35.5. The van der Waals surface area contributed by atoms with E-state index in [0.717, 1.165) is 0 Å². The maximum absolute atomic E-state index is 12.1. The third kappa shape index (κ3) is 5.71. The van der Waals surface area contributed by atoms with Crippen LogP contribution >= 0.6 is 11.6 Å². The first-order valence-electron chi connectivity index (χ1n) is 7.14. The third-order valence-electron chi connectivity index (χ3n) is 3.33. The Hall–Kier alpha value is -2.32. The molecule has 1 aromatic carbocycles. The predicted molar refractivity (Wildman–Crippen MR) is 91.3 cm³/mol. The maximum Gasteiger partial charge on any atom is 0.321 e. The zero-order valence-corrected chi connectivity index (χ0v) is 14.7. The second-order valence-electron chi connectivity index (χ2n) is 5.05. The number of methoxy groups -OCH3 is 1. The van der Waals surface area contributed by atoms with Gasteiger partial charge in [-0.3, -0.25) is 19.8 Å². The number of carbonyl (C=O) groups is 3. The van der Waals surface area contributed by atoms with Crippen molar-refractivity contribution in [2.24, 2.45) is 0 Å². The molecular weight excluding hydrogens is 336 g/mol. The normalized spacial score (nSPS) is 11.6. The van der Waals surface area contributed by atoms with E-state index in [0.29, 0.717) is 16.5 Å². The van der Waals surface area contributed by atoms with Crippen LogP contribution in [0.15, 0.2) is 18.2 Å². The van der Waals surface area contributed by atoms with Crippen LogP contribution in [0.2, 0.25) is 5.02 Å². The number of hydrogen-bond donors (Lipinski definition) is 3. The minimum atomic E-state index is -0.672. The topological polar surface area (TPSA) is 99.8 Å².